The summed E-state index contributed by atoms with van der Waals surface area (Å²) in [6, 6.07) is 11.7. The lowest BCUT2D eigenvalue weighted by Gasteiger charge is -2.08. The van der Waals surface area contributed by atoms with Gasteiger partial charge in [-0.25, -0.2) is 9.18 Å². The normalized spacial score (nSPS) is 10.8. The number of rotatable bonds is 5. The molecule has 0 aliphatic rings. The molecule has 0 aliphatic carbocycles. The Kier molecular flexibility index (Phi) is 4.66. The third kappa shape index (κ3) is 3.33. The van der Waals surface area contributed by atoms with E-state index in [0.717, 1.165) is 5.56 Å². The quantitative estimate of drug-likeness (QED) is 0.710. The predicted octanol–water partition coefficient (Wildman–Crippen LogP) is 3.28. The molecule has 0 aliphatic heterocycles. The Labute approximate surface area is 142 Å². The minimum atomic E-state index is -0.660. The van der Waals surface area contributed by atoms with Crippen molar-refractivity contribution in [2.75, 3.05) is 7.11 Å². The zero-order valence-corrected chi connectivity index (χ0v) is 13.6. The van der Waals surface area contributed by atoms with Crippen LogP contribution in [0.1, 0.15) is 17.0 Å². The van der Waals surface area contributed by atoms with E-state index in [1.807, 2.05) is 24.3 Å². The third-order valence-electron chi connectivity index (χ3n) is 3.64. The first-order chi connectivity index (χ1) is 11.6. The van der Waals surface area contributed by atoms with E-state index in [2.05, 4.69) is 5.16 Å². The number of aromatic nitrogens is 2. The van der Waals surface area contributed by atoms with Gasteiger partial charge in [-0.2, -0.15) is 0 Å². The fourth-order valence-electron chi connectivity index (χ4n) is 2.39. The largest absolute Gasteiger partial charge is 0.497 e. The van der Waals surface area contributed by atoms with Crippen LogP contribution >= 0.6 is 11.6 Å². The molecule has 7 heteroatoms. The van der Waals surface area contributed by atoms with Gasteiger partial charge in [-0.3, -0.25) is 9.09 Å². The van der Waals surface area contributed by atoms with E-state index >= 15 is 0 Å². The maximum atomic E-state index is 14.0. The molecule has 1 heterocycles. The van der Waals surface area contributed by atoms with Crippen molar-refractivity contribution in [1.82, 2.24) is 9.72 Å². The summed E-state index contributed by atoms with van der Waals surface area (Å²) in [5.74, 6) is -0.0650. The summed E-state index contributed by atoms with van der Waals surface area (Å²) in [5, 5.41) is 4.04. The van der Waals surface area contributed by atoms with Crippen LogP contribution in [-0.2, 0) is 13.0 Å². The number of halogens is 2. The minimum absolute atomic E-state index is 0.0485. The topological polar surface area (TPSA) is 57.3 Å². The highest BCUT2D eigenvalue weighted by Gasteiger charge is 2.16. The van der Waals surface area contributed by atoms with Crippen LogP contribution < -0.4 is 10.5 Å². The molecule has 0 atom stereocenters. The van der Waals surface area contributed by atoms with Gasteiger partial charge in [0.2, 0.25) is 0 Å². The van der Waals surface area contributed by atoms with Gasteiger partial charge in [-0.05, 0) is 29.8 Å². The van der Waals surface area contributed by atoms with E-state index in [9.17, 15) is 9.18 Å². The Balaban J connectivity index is 1.93. The standard InChI is InChI=1S/C17H14ClFN2O3/c1-23-12-5-2-4-11(8-12)9-16-20-24-17(22)21(16)10-13-14(18)6-3-7-15(13)19/h2-8H,9-10H2,1H3. The summed E-state index contributed by atoms with van der Waals surface area (Å²) < 4.78 is 25.1. The molecule has 1 aromatic heterocycles. The summed E-state index contributed by atoms with van der Waals surface area (Å²) in [7, 11) is 1.57. The number of hydrogen-bond acceptors (Lipinski definition) is 4. The Morgan fingerprint density at radius 1 is 1.29 bits per heavy atom. The average Bonchev–Trinajstić information content (AvgIpc) is 2.91. The smallest absolute Gasteiger partial charge is 0.441 e. The second kappa shape index (κ2) is 6.88. The van der Waals surface area contributed by atoms with Gasteiger partial charge in [0, 0.05) is 17.0 Å². The molecule has 0 saturated heterocycles. The average molecular weight is 349 g/mol. The van der Waals surface area contributed by atoms with Crippen molar-refractivity contribution in [2.24, 2.45) is 0 Å². The second-order valence-electron chi connectivity index (χ2n) is 5.18. The highest BCUT2D eigenvalue weighted by molar-refractivity contribution is 6.31. The molecule has 0 N–H and O–H groups in total. The summed E-state index contributed by atoms with van der Waals surface area (Å²) in [6.07, 6.45) is 0.342. The molecule has 2 aromatic carbocycles. The Morgan fingerprint density at radius 3 is 2.83 bits per heavy atom. The molecule has 0 spiro atoms. The Hall–Kier alpha value is -2.60. The zero-order chi connectivity index (χ0) is 17.1. The lowest BCUT2D eigenvalue weighted by molar-refractivity contribution is 0.374. The van der Waals surface area contributed by atoms with Crippen molar-refractivity contribution >= 4 is 11.6 Å². The molecule has 124 valence electrons. The summed E-state index contributed by atoms with van der Waals surface area (Å²) in [4.78, 5) is 11.9. The number of ether oxygens (including phenoxy) is 1. The molecule has 5 nitrogen and oxygen atoms in total. The number of nitrogens with zero attached hydrogens (tertiary/aromatic N) is 2. The van der Waals surface area contributed by atoms with Gasteiger partial charge in [-0.1, -0.05) is 35.0 Å². The lowest BCUT2D eigenvalue weighted by Crippen LogP contribution is -2.19. The van der Waals surface area contributed by atoms with Crippen LogP contribution in [0.5, 0.6) is 5.75 Å². The Bertz CT molecular complexity index is 900. The first-order valence-electron chi connectivity index (χ1n) is 7.19. The van der Waals surface area contributed by atoms with Gasteiger partial charge in [0.1, 0.15) is 11.6 Å². The zero-order valence-electron chi connectivity index (χ0n) is 12.8. The molecule has 0 unspecified atom stereocenters. The Morgan fingerprint density at radius 2 is 2.08 bits per heavy atom. The number of hydrogen-bond donors (Lipinski definition) is 0. The lowest BCUT2D eigenvalue weighted by atomic mass is 10.1. The molecule has 0 fully saturated rings. The van der Waals surface area contributed by atoms with Crippen molar-refractivity contribution in [2.45, 2.75) is 13.0 Å². The maximum Gasteiger partial charge on any atom is 0.441 e. The highest BCUT2D eigenvalue weighted by atomic mass is 35.5. The summed E-state index contributed by atoms with van der Waals surface area (Å²) in [5.41, 5.74) is 1.10. The van der Waals surface area contributed by atoms with Crippen LogP contribution in [-0.4, -0.2) is 16.8 Å². The van der Waals surface area contributed by atoms with E-state index in [0.29, 0.717) is 18.0 Å². The van der Waals surface area contributed by atoms with Crippen LogP contribution in [0.3, 0.4) is 0 Å². The van der Waals surface area contributed by atoms with Crippen molar-refractivity contribution in [3.63, 3.8) is 0 Å². The van der Waals surface area contributed by atoms with Gasteiger partial charge in [-0.15, -0.1) is 0 Å². The molecule has 24 heavy (non-hydrogen) atoms. The van der Waals surface area contributed by atoms with Crippen LogP contribution in [0.15, 0.2) is 51.8 Å². The van der Waals surface area contributed by atoms with E-state index in [1.165, 1.54) is 16.7 Å². The van der Waals surface area contributed by atoms with Gasteiger partial charge in [0.25, 0.3) is 0 Å². The monoisotopic (exact) mass is 348 g/mol. The van der Waals surface area contributed by atoms with E-state index in [1.54, 1.807) is 13.2 Å². The molecule has 3 rings (SSSR count). The van der Waals surface area contributed by atoms with Crippen molar-refractivity contribution in [3.8, 4) is 5.75 Å². The van der Waals surface area contributed by atoms with E-state index < -0.39 is 11.6 Å². The molecular weight excluding hydrogens is 335 g/mol. The van der Waals surface area contributed by atoms with Crippen LogP contribution in [0.2, 0.25) is 5.02 Å². The molecule has 0 amide bonds. The second-order valence-corrected chi connectivity index (χ2v) is 5.59. The minimum Gasteiger partial charge on any atom is -0.497 e. The maximum absolute atomic E-state index is 14.0. The van der Waals surface area contributed by atoms with Crippen LogP contribution in [0.25, 0.3) is 0 Å². The molecule has 3 aromatic rings. The van der Waals surface area contributed by atoms with Crippen molar-refractivity contribution < 1.29 is 13.7 Å². The van der Waals surface area contributed by atoms with Crippen molar-refractivity contribution in [3.05, 3.63) is 80.8 Å². The molecule has 0 saturated carbocycles. The predicted molar refractivity (Wildman–Crippen MR) is 87.1 cm³/mol. The van der Waals surface area contributed by atoms with Gasteiger partial charge >= 0.3 is 5.76 Å². The van der Waals surface area contributed by atoms with Gasteiger partial charge in [0.15, 0.2) is 5.82 Å². The summed E-state index contributed by atoms with van der Waals surface area (Å²) in [6.45, 7) is -0.0485. The SMILES string of the molecule is COc1cccc(Cc2noc(=O)n2Cc2c(F)cccc2Cl)c1. The van der Waals surface area contributed by atoms with Crippen LogP contribution in [0, 0.1) is 5.82 Å². The molecular formula is C17H14ClFN2O3. The van der Waals surface area contributed by atoms with E-state index in [4.69, 9.17) is 20.9 Å². The molecule has 0 radical (unpaired) electrons. The molecule has 0 bridgehead atoms. The summed E-state index contributed by atoms with van der Waals surface area (Å²) >= 11 is 6.03. The van der Waals surface area contributed by atoms with Crippen molar-refractivity contribution in [1.29, 1.82) is 0 Å². The first kappa shape index (κ1) is 16.3. The third-order valence-corrected chi connectivity index (χ3v) is 3.99. The fraction of sp³-hybridized carbons (Fsp3) is 0.176. The van der Waals surface area contributed by atoms with E-state index in [-0.39, 0.29) is 17.1 Å². The number of methoxy groups -OCH3 is 1. The fourth-order valence-corrected chi connectivity index (χ4v) is 2.61. The highest BCUT2D eigenvalue weighted by Crippen LogP contribution is 2.21. The van der Waals surface area contributed by atoms with Crippen LogP contribution in [0.4, 0.5) is 4.39 Å². The van der Waals surface area contributed by atoms with Gasteiger partial charge in [0.05, 0.1) is 13.7 Å². The van der Waals surface area contributed by atoms with Gasteiger partial charge < -0.3 is 4.74 Å². The first-order valence-corrected chi connectivity index (χ1v) is 7.57. The number of benzene rings is 2.